The first-order valence-corrected chi connectivity index (χ1v) is 9.67. The van der Waals surface area contributed by atoms with Gasteiger partial charge in [0.25, 0.3) is 0 Å². The average Bonchev–Trinajstić information content (AvgIpc) is 2.58. The van der Waals surface area contributed by atoms with Gasteiger partial charge >= 0.3 is 0 Å². The third-order valence-corrected chi connectivity index (χ3v) is 4.11. The zero-order valence-electron chi connectivity index (χ0n) is 18.3. The molecule has 0 aliphatic rings. The number of aliphatic imine (C=N–C) groups is 1. The third kappa shape index (κ3) is 9.93. The van der Waals surface area contributed by atoms with Gasteiger partial charge in [0.15, 0.2) is 5.96 Å². The molecular weight excluding hydrogens is 469 g/mol. The lowest BCUT2D eigenvalue weighted by Gasteiger charge is -2.28. The second-order valence-electron chi connectivity index (χ2n) is 7.94. The van der Waals surface area contributed by atoms with E-state index >= 15 is 0 Å². The van der Waals surface area contributed by atoms with Gasteiger partial charge in [0, 0.05) is 20.2 Å². The van der Waals surface area contributed by atoms with Gasteiger partial charge in [0.05, 0.1) is 24.9 Å². The quantitative estimate of drug-likeness (QED) is 0.270. The topological polar surface area (TPSA) is 75.1 Å². The summed E-state index contributed by atoms with van der Waals surface area (Å²) in [7, 11) is 1.71. The van der Waals surface area contributed by atoms with Crippen LogP contribution in [0.5, 0.6) is 5.75 Å². The third-order valence-electron chi connectivity index (χ3n) is 4.11. The lowest BCUT2D eigenvalue weighted by atomic mass is 9.89. The van der Waals surface area contributed by atoms with Crippen LogP contribution in [-0.2, 0) is 4.74 Å². The van der Waals surface area contributed by atoms with E-state index in [9.17, 15) is 5.11 Å². The lowest BCUT2D eigenvalue weighted by molar-refractivity contribution is 0.0241. The molecule has 0 amide bonds. The summed E-state index contributed by atoms with van der Waals surface area (Å²) < 4.78 is 11.2. The zero-order valence-corrected chi connectivity index (χ0v) is 20.6. The van der Waals surface area contributed by atoms with Crippen molar-refractivity contribution in [3.8, 4) is 5.75 Å². The number of rotatable bonds is 9. The Morgan fingerprint density at radius 2 is 1.75 bits per heavy atom. The van der Waals surface area contributed by atoms with Gasteiger partial charge in [-0.15, -0.1) is 24.0 Å². The molecule has 0 heterocycles. The summed E-state index contributed by atoms with van der Waals surface area (Å²) in [5.74, 6) is 1.47. The number of guanidine groups is 1. The summed E-state index contributed by atoms with van der Waals surface area (Å²) in [5.41, 5.74) is 0.841. The van der Waals surface area contributed by atoms with Crippen molar-refractivity contribution in [1.82, 2.24) is 10.6 Å². The highest BCUT2D eigenvalue weighted by Crippen LogP contribution is 2.22. The first-order chi connectivity index (χ1) is 12.7. The normalized spacial score (nSPS) is 14.2. The summed E-state index contributed by atoms with van der Waals surface area (Å²) in [6.07, 6.45) is -0.487. The fourth-order valence-electron chi connectivity index (χ4n) is 2.57. The number of hydrogen-bond acceptors (Lipinski definition) is 4. The van der Waals surface area contributed by atoms with Crippen LogP contribution < -0.4 is 15.4 Å². The highest BCUT2D eigenvalue weighted by molar-refractivity contribution is 14.0. The molecule has 0 radical (unpaired) electrons. The van der Waals surface area contributed by atoms with Gasteiger partial charge < -0.3 is 25.2 Å². The van der Waals surface area contributed by atoms with Crippen LogP contribution in [0.1, 0.15) is 53.2 Å². The van der Waals surface area contributed by atoms with Gasteiger partial charge in [0.1, 0.15) is 5.75 Å². The molecule has 3 N–H and O–H groups in total. The molecule has 1 aromatic carbocycles. The molecule has 0 spiro atoms. The maximum absolute atomic E-state index is 10.5. The number of methoxy groups -OCH3 is 1. The van der Waals surface area contributed by atoms with Gasteiger partial charge in [-0.2, -0.15) is 0 Å². The van der Waals surface area contributed by atoms with Gasteiger partial charge in [-0.05, 0) is 43.9 Å². The minimum absolute atomic E-state index is 0. The smallest absolute Gasteiger partial charge is 0.191 e. The second kappa shape index (κ2) is 13.2. The van der Waals surface area contributed by atoms with Crippen LogP contribution in [-0.4, -0.2) is 50.0 Å². The van der Waals surface area contributed by atoms with E-state index in [0.29, 0.717) is 19.0 Å². The van der Waals surface area contributed by atoms with Crippen LogP contribution in [0.15, 0.2) is 29.3 Å². The van der Waals surface area contributed by atoms with E-state index in [2.05, 4.69) is 36.4 Å². The van der Waals surface area contributed by atoms with Crippen LogP contribution in [0.3, 0.4) is 0 Å². The number of ether oxygens (including phenoxy) is 2. The van der Waals surface area contributed by atoms with Crippen molar-refractivity contribution in [2.75, 3.05) is 26.7 Å². The first-order valence-electron chi connectivity index (χ1n) is 9.67. The van der Waals surface area contributed by atoms with Crippen molar-refractivity contribution in [3.63, 3.8) is 0 Å². The van der Waals surface area contributed by atoms with Crippen molar-refractivity contribution in [2.24, 2.45) is 10.4 Å². The second-order valence-corrected chi connectivity index (χ2v) is 7.94. The van der Waals surface area contributed by atoms with E-state index in [-0.39, 0.29) is 41.6 Å². The Bertz CT molecular complexity index is 571. The van der Waals surface area contributed by atoms with E-state index in [1.807, 2.05) is 45.0 Å². The molecule has 7 heteroatoms. The number of hydrogen-bond donors (Lipinski definition) is 3. The fourth-order valence-corrected chi connectivity index (χ4v) is 2.57. The highest BCUT2D eigenvalue weighted by Gasteiger charge is 2.24. The van der Waals surface area contributed by atoms with Crippen molar-refractivity contribution in [2.45, 2.75) is 59.9 Å². The minimum Gasteiger partial charge on any atom is -0.491 e. The van der Waals surface area contributed by atoms with Crippen LogP contribution in [0.25, 0.3) is 0 Å². The lowest BCUT2D eigenvalue weighted by Crippen LogP contribution is -2.41. The Morgan fingerprint density at radius 3 is 2.21 bits per heavy atom. The fraction of sp³-hybridized carbons (Fsp3) is 0.667. The Morgan fingerprint density at radius 1 is 1.14 bits per heavy atom. The van der Waals surface area contributed by atoms with E-state index in [0.717, 1.165) is 17.9 Å². The molecule has 0 saturated heterocycles. The van der Waals surface area contributed by atoms with Crippen LogP contribution in [0.2, 0.25) is 0 Å². The molecular formula is C21H38IN3O3. The van der Waals surface area contributed by atoms with Crippen molar-refractivity contribution in [1.29, 1.82) is 0 Å². The van der Waals surface area contributed by atoms with Gasteiger partial charge in [0.2, 0.25) is 0 Å². The molecule has 1 rings (SSSR count). The molecule has 6 nitrogen and oxygen atoms in total. The molecule has 2 atom stereocenters. The minimum atomic E-state index is -0.636. The molecule has 0 fully saturated rings. The molecule has 0 aromatic heterocycles. The van der Waals surface area contributed by atoms with Crippen LogP contribution in [0, 0.1) is 5.41 Å². The van der Waals surface area contributed by atoms with Crippen molar-refractivity contribution in [3.05, 3.63) is 29.8 Å². The van der Waals surface area contributed by atoms with E-state index < -0.39 is 6.10 Å². The van der Waals surface area contributed by atoms with E-state index in [1.54, 1.807) is 7.11 Å². The maximum Gasteiger partial charge on any atom is 0.191 e. The average molecular weight is 507 g/mol. The molecule has 1 aromatic rings. The summed E-state index contributed by atoms with van der Waals surface area (Å²) in [4.78, 5) is 4.60. The monoisotopic (exact) mass is 507 g/mol. The first kappa shape index (κ1) is 26.9. The van der Waals surface area contributed by atoms with Crippen molar-refractivity contribution < 1.29 is 14.6 Å². The van der Waals surface area contributed by atoms with E-state index in [4.69, 9.17) is 9.47 Å². The SMILES string of the molecule is CCNC(=NCC(OC)C(C)(C)C)NCC(O)c1ccc(OC(C)C)cc1.I. The number of nitrogens with zero attached hydrogens (tertiary/aromatic N) is 1. The molecule has 28 heavy (non-hydrogen) atoms. The number of benzene rings is 1. The van der Waals surface area contributed by atoms with Crippen LogP contribution in [0.4, 0.5) is 0 Å². The van der Waals surface area contributed by atoms with E-state index in [1.165, 1.54) is 0 Å². The summed E-state index contributed by atoms with van der Waals surface area (Å²) in [6.45, 7) is 14.0. The number of halogens is 1. The standard InChI is InChI=1S/C21H37N3O3.HI/c1-8-22-20(24-14-19(26-7)21(4,5)6)23-13-18(25)16-9-11-17(12-10-16)27-15(2)3;/h9-12,15,18-19,25H,8,13-14H2,1-7H3,(H2,22,23,24);1H. The highest BCUT2D eigenvalue weighted by atomic mass is 127. The number of nitrogens with one attached hydrogen (secondary N) is 2. The Kier molecular flexibility index (Phi) is 12.7. The number of aliphatic hydroxyl groups is 1. The molecule has 0 aliphatic heterocycles. The Balaban J connectivity index is 0.00000729. The molecule has 2 unspecified atom stereocenters. The molecule has 0 saturated carbocycles. The van der Waals surface area contributed by atoms with Crippen molar-refractivity contribution >= 4 is 29.9 Å². The van der Waals surface area contributed by atoms with Gasteiger partial charge in [-0.1, -0.05) is 32.9 Å². The predicted octanol–water partition coefficient (Wildman–Crippen LogP) is 3.74. The largest absolute Gasteiger partial charge is 0.491 e. The zero-order chi connectivity index (χ0) is 20.4. The molecule has 0 aliphatic carbocycles. The summed E-state index contributed by atoms with van der Waals surface area (Å²) >= 11 is 0. The summed E-state index contributed by atoms with van der Waals surface area (Å²) in [6, 6.07) is 7.53. The summed E-state index contributed by atoms with van der Waals surface area (Å²) in [5, 5.41) is 16.9. The Hall–Kier alpha value is -1.06. The molecule has 0 bridgehead atoms. The number of aliphatic hydroxyl groups excluding tert-OH is 1. The predicted molar refractivity (Wildman–Crippen MR) is 127 cm³/mol. The maximum atomic E-state index is 10.5. The Labute approximate surface area is 187 Å². The molecule has 162 valence electrons. The van der Waals surface area contributed by atoms with Gasteiger partial charge in [-0.3, -0.25) is 4.99 Å². The van der Waals surface area contributed by atoms with Gasteiger partial charge in [-0.25, -0.2) is 0 Å². The van der Waals surface area contributed by atoms with Crippen LogP contribution >= 0.6 is 24.0 Å².